The van der Waals surface area contributed by atoms with E-state index in [0.29, 0.717) is 11.6 Å². The molecule has 0 radical (unpaired) electrons. The number of nitrogens with two attached hydrogens (primary N) is 1. The van der Waals surface area contributed by atoms with E-state index in [1.807, 2.05) is 24.3 Å². The first-order valence-electron chi connectivity index (χ1n) is 4.44. The van der Waals surface area contributed by atoms with Crippen molar-refractivity contribution in [1.29, 1.82) is 0 Å². The van der Waals surface area contributed by atoms with Crippen molar-refractivity contribution < 1.29 is 4.79 Å². The Morgan fingerprint density at radius 1 is 1.40 bits per heavy atom. The van der Waals surface area contributed by atoms with Crippen molar-refractivity contribution in [3.63, 3.8) is 0 Å². The Hall–Kier alpha value is -0.810. The molecule has 0 aliphatic carbocycles. The van der Waals surface area contributed by atoms with Crippen LogP contribution in [-0.4, -0.2) is 16.3 Å². The lowest BCUT2D eigenvalue weighted by Gasteiger charge is -2.05. The highest BCUT2D eigenvalue weighted by Crippen LogP contribution is 2.24. The number of aliphatic imine (C=N–C) groups is 1. The fourth-order valence-electron chi connectivity index (χ4n) is 1.37. The van der Waals surface area contributed by atoms with Crippen molar-refractivity contribution in [2.24, 2.45) is 10.7 Å². The molecule has 1 heterocycles. The minimum atomic E-state index is -0.147. The number of hydrogen-bond donors (Lipinski definition) is 1. The maximum atomic E-state index is 11.4. The monoisotopic (exact) mass is 284 g/mol. The number of halogens is 1. The standard InChI is InChI=1S/C10H9BrN2OS/c11-7-3-1-6(2-4-7)5-8-9(14)13-10(12)15-8/h1-4,8H,5H2,(H2,12,13,14)/t8-/m1/s1. The highest BCUT2D eigenvalue weighted by Gasteiger charge is 2.26. The number of thioether (sulfide) groups is 1. The molecule has 0 aromatic heterocycles. The number of hydrogen-bond acceptors (Lipinski definition) is 3. The summed E-state index contributed by atoms with van der Waals surface area (Å²) in [7, 11) is 0. The highest BCUT2D eigenvalue weighted by molar-refractivity contribution is 9.10. The summed E-state index contributed by atoms with van der Waals surface area (Å²) in [5.74, 6) is -0.125. The maximum absolute atomic E-state index is 11.4. The lowest BCUT2D eigenvalue weighted by Crippen LogP contribution is -2.14. The summed E-state index contributed by atoms with van der Waals surface area (Å²) in [5.41, 5.74) is 6.60. The van der Waals surface area contributed by atoms with E-state index in [1.165, 1.54) is 11.8 Å². The molecule has 0 bridgehead atoms. The maximum Gasteiger partial charge on any atom is 0.261 e. The van der Waals surface area contributed by atoms with Crippen LogP contribution in [0.15, 0.2) is 33.7 Å². The number of carbonyl (C=O) groups excluding carboxylic acids is 1. The Bertz CT molecular complexity index is 416. The predicted octanol–water partition coefficient (Wildman–Crippen LogP) is 1.95. The van der Waals surface area contributed by atoms with E-state index in [1.54, 1.807) is 0 Å². The fraction of sp³-hybridized carbons (Fsp3) is 0.200. The third-order valence-corrected chi connectivity index (χ3v) is 3.61. The molecule has 0 unspecified atom stereocenters. The van der Waals surface area contributed by atoms with Gasteiger partial charge in [-0.25, -0.2) is 0 Å². The van der Waals surface area contributed by atoms with Gasteiger partial charge < -0.3 is 5.73 Å². The van der Waals surface area contributed by atoms with Gasteiger partial charge in [0.25, 0.3) is 5.91 Å². The fourth-order valence-corrected chi connectivity index (χ4v) is 2.49. The third-order valence-electron chi connectivity index (χ3n) is 2.09. The summed E-state index contributed by atoms with van der Waals surface area (Å²) in [4.78, 5) is 15.1. The third kappa shape index (κ3) is 2.60. The average Bonchev–Trinajstić information content (AvgIpc) is 2.49. The molecule has 1 aromatic carbocycles. The van der Waals surface area contributed by atoms with Crippen LogP contribution in [0.3, 0.4) is 0 Å². The van der Waals surface area contributed by atoms with Crippen molar-refractivity contribution in [3.05, 3.63) is 34.3 Å². The second-order valence-corrected chi connectivity index (χ2v) is 5.36. The molecule has 0 saturated carbocycles. The van der Waals surface area contributed by atoms with E-state index in [4.69, 9.17) is 5.73 Å². The topological polar surface area (TPSA) is 55.4 Å². The average molecular weight is 285 g/mol. The van der Waals surface area contributed by atoms with E-state index < -0.39 is 0 Å². The first kappa shape index (κ1) is 10.7. The molecule has 1 aliphatic heterocycles. The largest absolute Gasteiger partial charge is 0.378 e. The molecule has 78 valence electrons. The van der Waals surface area contributed by atoms with E-state index >= 15 is 0 Å². The Balaban J connectivity index is 2.04. The lowest BCUT2D eigenvalue weighted by molar-refractivity contribution is -0.117. The molecule has 2 N–H and O–H groups in total. The molecule has 0 spiro atoms. The number of amidine groups is 1. The van der Waals surface area contributed by atoms with E-state index in [2.05, 4.69) is 20.9 Å². The molecule has 0 fully saturated rings. The Morgan fingerprint density at radius 3 is 2.60 bits per heavy atom. The van der Waals surface area contributed by atoms with Gasteiger partial charge in [0.1, 0.15) is 0 Å². The van der Waals surface area contributed by atoms with Crippen LogP contribution in [0.1, 0.15) is 5.56 Å². The molecular weight excluding hydrogens is 276 g/mol. The quantitative estimate of drug-likeness (QED) is 0.903. The summed E-state index contributed by atoms with van der Waals surface area (Å²) in [6.45, 7) is 0. The first-order valence-corrected chi connectivity index (χ1v) is 6.11. The SMILES string of the molecule is NC1=NC(=O)[C@@H](Cc2ccc(Br)cc2)S1. The molecular formula is C10H9BrN2OS. The Labute approximate surface area is 100 Å². The number of nitrogens with zero attached hydrogens (tertiary/aromatic N) is 1. The van der Waals surface area contributed by atoms with Crippen LogP contribution in [0, 0.1) is 0 Å². The molecule has 3 nitrogen and oxygen atoms in total. The summed E-state index contributed by atoms with van der Waals surface area (Å²) in [6, 6.07) is 7.91. The molecule has 15 heavy (non-hydrogen) atoms. The van der Waals surface area contributed by atoms with Crippen molar-refractivity contribution in [3.8, 4) is 0 Å². The van der Waals surface area contributed by atoms with Gasteiger partial charge in [-0.05, 0) is 24.1 Å². The van der Waals surface area contributed by atoms with Gasteiger partial charge in [-0.1, -0.05) is 39.8 Å². The number of benzene rings is 1. The van der Waals surface area contributed by atoms with Crippen molar-refractivity contribution in [2.75, 3.05) is 0 Å². The summed E-state index contributed by atoms with van der Waals surface area (Å²) >= 11 is 4.70. The second-order valence-electron chi connectivity index (χ2n) is 3.23. The first-order chi connectivity index (χ1) is 7.15. The number of amides is 1. The summed E-state index contributed by atoms with van der Waals surface area (Å²) < 4.78 is 1.03. The van der Waals surface area contributed by atoms with Crippen LogP contribution in [0.25, 0.3) is 0 Å². The van der Waals surface area contributed by atoms with E-state index in [-0.39, 0.29) is 11.2 Å². The zero-order valence-corrected chi connectivity index (χ0v) is 10.2. The van der Waals surface area contributed by atoms with Crippen LogP contribution in [0.2, 0.25) is 0 Å². The molecule has 5 heteroatoms. The van der Waals surface area contributed by atoms with Gasteiger partial charge in [0.2, 0.25) is 0 Å². The number of carbonyl (C=O) groups is 1. The Kier molecular flexibility index (Phi) is 3.11. The van der Waals surface area contributed by atoms with Gasteiger partial charge in [-0.2, -0.15) is 4.99 Å². The van der Waals surface area contributed by atoms with Crippen molar-refractivity contribution in [1.82, 2.24) is 0 Å². The highest BCUT2D eigenvalue weighted by atomic mass is 79.9. The van der Waals surface area contributed by atoms with Crippen LogP contribution >= 0.6 is 27.7 Å². The van der Waals surface area contributed by atoms with Crippen molar-refractivity contribution in [2.45, 2.75) is 11.7 Å². The molecule has 1 amide bonds. The van der Waals surface area contributed by atoms with Gasteiger partial charge in [0.05, 0.1) is 5.25 Å². The Morgan fingerprint density at radius 2 is 2.07 bits per heavy atom. The van der Waals surface area contributed by atoms with Gasteiger partial charge >= 0.3 is 0 Å². The minimum absolute atomic E-state index is 0.125. The normalized spacial score (nSPS) is 20.5. The number of rotatable bonds is 2. The van der Waals surface area contributed by atoms with Gasteiger partial charge in [0.15, 0.2) is 5.17 Å². The van der Waals surface area contributed by atoms with E-state index in [9.17, 15) is 4.79 Å². The van der Waals surface area contributed by atoms with Gasteiger partial charge in [0, 0.05) is 4.47 Å². The zero-order valence-electron chi connectivity index (χ0n) is 7.81. The van der Waals surface area contributed by atoms with E-state index in [0.717, 1.165) is 10.0 Å². The lowest BCUT2D eigenvalue weighted by atomic mass is 10.1. The molecule has 0 saturated heterocycles. The van der Waals surface area contributed by atoms with Gasteiger partial charge in [-0.15, -0.1) is 0 Å². The second kappa shape index (κ2) is 4.37. The zero-order chi connectivity index (χ0) is 10.8. The molecule has 1 aromatic rings. The predicted molar refractivity (Wildman–Crippen MR) is 65.9 cm³/mol. The van der Waals surface area contributed by atoms with Crippen LogP contribution in [0.4, 0.5) is 0 Å². The molecule has 1 atom stereocenters. The van der Waals surface area contributed by atoms with Crippen LogP contribution in [-0.2, 0) is 11.2 Å². The molecule has 2 rings (SSSR count). The summed E-state index contributed by atoms with van der Waals surface area (Å²) in [6.07, 6.45) is 0.682. The van der Waals surface area contributed by atoms with Gasteiger partial charge in [-0.3, -0.25) is 4.79 Å². The van der Waals surface area contributed by atoms with Crippen LogP contribution < -0.4 is 5.73 Å². The smallest absolute Gasteiger partial charge is 0.261 e. The van der Waals surface area contributed by atoms with Crippen molar-refractivity contribution >= 4 is 38.8 Å². The molecule has 1 aliphatic rings. The summed E-state index contributed by atoms with van der Waals surface area (Å²) in [5, 5.41) is 0.230. The van der Waals surface area contributed by atoms with Crippen LogP contribution in [0.5, 0.6) is 0 Å². The minimum Gasteiger partial charge on any atom is -0.378 e.